The fourth-order valence-corrected chi connectivity index (χ4v) is 5.18. The number of aryl methyl sites for hydroxylation is 2. The van der Waals surface area contributed by atoms with Gasteiger partial charge < -0.3 is 30.1 Å². The number of hydrogen-bond donors (Lipinski definition) is 3. The molecule has 0 aromatic heterocycles. The maximum Gasteiger partial charge on any atom is 0.408 e. The van der Waals surface area contributed by atoms with E-state index in [2.05, 4.69) is 17.6 Å². The molecule has 0 heterocycles. The second kappa shape index (κ2) is 16.7. The van der Waals surface area contributed by atoms with E-state index in [1.165, 1.54) is 12.1 Å². The number of benzene rings is 3. The Bertz CT molecular complexity index is 1450. The number of aromatic hydroxyl groups is 1. The molecule has 3 amide bonds. The Labute approximate surface area is 273 Å². The summed E-state index contributed by atoms with van der Waals surface area (Å²) in [5.41, 5.74) is 3.03. The quantitative estimate of drug-likeness (QED) is 0.162. The van der Waals surface area contributed by atoms with Crippen molar-refractivity contribution in [1.82, 2.24) is 10.2 Å². The molecule has 46 heavy (non-hydrogen) atoms. The van der Waals surface area contributed by atoms with Crippen LogP contribution in [-0.4, -0.2) is 53.2 Å². The highest BCUT2D eigenvalue weighted by Crippen LogP contribution is 2.29. The maximum absolute atomic E-state index is 14.7. The number of ether oxygens (including phenoxy) is 2. The molecule has 9 nitrogen and oxygen atoms in total. The molecule has 0 saturated heterocycles. The van der Waals surface area contributed by atoms with Crippen molar-refractivity contribution < 1.29 is 29.0 Å². The monoisotopic (exact) mass is 631 g/mol. The van der Waals surface area contributed by atoms with Gasteiger partial charge in [-0.25, -0.2) is 4.79 Å². The van der Waals surface area contributed by atoms with E-state index in [0.29, 0.717) is 30.0 Å². The van der Waals surface area contributed by atoms with Crippen molar-refractivity contribution in [2.45, 2.75) is 91.3 Å². The molecule has 0 fully saturated rings. The lowest BCUT2D eigenvalue weighted by Gasteiger charge is -2.35. The number of unbranched alkanes of at least 4 members (excludes halogenated alkanes) is 3. The van der Waals surface area contributed by atoms with Crippen LogP contribution in [0.1, 0.15) is 81.7 Å². The smallest absolute Gasteiger partial charge is 0.408 e. The van der Waals surface area contributed by atoms with Crippen LogP contribution in [0.5, 0.6) is 11.5 Å². The fourth-order valence-electron chi connectivity index (χ4n) is 5.18. The van der Waals surface area contributed by atoms with E-state index in [4.69, 9.17) is 9.47 Å². The van der Waals surface area contributed by atoms with Gasteiger partial charge in [-0.2, -0.15) is 0 Å². The average molecular weight is 632 g/mol. The Morgan fingerprint density at radius 3 is 2.20 bits per heavy atom. The van der Waals surface area contributed by atoms with Crippen molar-refractivity contribution in [1.29, 1.82) is 0 Å². The predicted molar refractivity (Wildman–Crippen MR) is 181 cm³/mol. The first-order chi connectivity index (χ1) is 21.8. The Morgan fingerprint density at radius 2 is 1.59 bits per heavy atom. The van der Waals surface area contributed by atoms with Crippen LogP contribution in [0.2, 0.25) is 0 Å². The number of alkyl carbamates (subject to hydrolysis) is 1. The molecule has 0 aliphatic heterocycles. The van der Waals surface area contributed by atoms with E-state index in [1.54, 1.807) is 69.2 Å². The number of phenols is 1. The van der Waals surface area contributed by atoms with Gasteiger partial charge in [-0.05, 0) is 94.1 Å². The van der Waals surface area contributed by atoms with Gasteiger partial charge in [-0.3, -0.25) is 9.59 Å². The third kappa shape index (κ3) is 10.8. The van der Waals surface area contributed by atoms with Crippen LogP contribution < -0.4 is 15.4 Å². The third-order valence-electron chi connectivity index (χ3n) is 7.55. The number of nitrogens with zero attached hydrogens (tertiary/aromatic N) is 1. The summed E-state index contributed by atoms with van der Waals surface area (Å²) in [7, 11) is 1.58. The highest BCUT2D eigenvalue weighted by atomic mass is 16.6. The molecule has 2 atom stereocenters. The third-order valence-corrected chi connectivity index (χ3v) is 7.55. The van der Waals surface area contributed by atoms with Crippen molar-refractivity contribution in [3.8, 4) is 11.5 Å². The van der Waals surface area contributed by atoms with Crippen LogP contribution >= 0.6 is 0 Å². The van der Waals surface area contributed by atoms with E-state index < -0.39 is 29.7 Å². The summed E-state index contributed by atoms with van der Waals surface area (Å²) in [5, 5.41) is 15.6. The van der Waals surface area contributed by atoms with Gasteiger partial charge in [0.2, 0.25) is 5.91 Å². The van der Waals surface area contributed by atoms with Gasteiger partial charge in [0.1, 0.15) is 29.2 Å². The Balaban J connectivity index is 2.10. The van der Waals surface area contributed by atoms with E-state index in [1.807, 2.05) is 32.0 Å². The Kier molecular flexibility index (Phi) is 13.0. The molecular formula is C37H49N3O6. The first kappa shape index (κ1) is 35.9. The van der Waals surface area contributed by atoms with Crippen LogP contribution in [0.25, 0.3) is 0 Å². The standard InChI is InChI=1S/C37H49N3O6/c1-8-9-10-11-22-40(35(43)32(39-36(44)46-37(4,5)6)24-27-14-18-29(41)19-15-27)33(31-23-25(2)12-13-26(31)3)34(42)38-28-16-20-30(45-7)21-17-28/h12-21,23,32-33,41H,8-11,22,24H2,1-7H3,(H,38,42)(H,39,44). The predicted octanol–water partition coefficient (Wildman–Crippen LogP) is 7.24. The molecular weight excluding hydrogens is 582 g/mol. The molecule has 0 spiro atoms. The Hall–Kier alpha value is -4.53. The summed E-state index contributed by atoms with van der Waals surface area (Å²) in [4.78, 5) is 43.7. The molecule has 0 saturated carbocycles. The SMILES string of the molecule is CCCCCCN(C(=O)C(Cc1ccc(O)cc1)NC(=O)OC(C)(C)C)C(C(=O)Nc1ccc(OC)cc1)c1cc(C)ccc1C. The topological polar surface area (TPSA) is 117 Å². The highest BCUT2D eigenvalue weighted by Gasteiger charge is 2.37. The molecule has 3 aromatic carbocycles. The van der Waals surface area contributed by atoms with Crippen molar-refractivity contribution in [2.24, 2.45) is 0 Å². The normalized spacial score (nSPS) is 12.5. The van der Waals surface area contributed by atoms with Crippen molar-refractivity contribution in [3.05, 3.63) is 89.0 Å². The second-order valence-electron chi connectivity index (χ2n) is 12.6. The average Bonchev–Trinajstić information content (AvgIpc) is 3.00. The molecule has 9 heteroatoms. The number of nitrogens with one attached hydrogen (secondary N) is 2. The minimum absolute atomic E-state index is 0.0921. The number of rotatable bonds is 14. The number of amides is 3. The van der Waals surface area contributed by atoms with Crippen LogP contribution in [-0.2, 0) is 20.7 Å². The number of carbonyl (C=O) groups is 3. The lowest BCUT2D eigenvalue weighted by atomic mass is 9.95. The number of hydrogen-bond acceptors (Lipinski definition) is 6. The van der Waals surface area contributed by atoms with Crippen LogP contribution in [0.3, 0.4) is 0 Å². The summed E-state index contributed by atoms with van der Waals surface area (Å²) >= 11 is 0. The van der Waals surface area contributed by atoms with E-state index in [0.717, 1.165) is 36.0 Å². The molecule has 3 rings (SSSR count). The summed E-state index contributed by atoms with van der Waals surface area (Å²) in [6.45, 7) is 11.6. The van der Waals surface area contributed by atoms with Crippen LogP contribution in [0.15, 0.2) is 66.7 Å². The van der Waals surface area contributed by atoms with Gasteiger partial charge in [0.25, 0.3) is 5.91 Å². The van der Waals surface area contributed by atoms with Crippen LogP contribution in [0.4, 0.5) is 10.5 Å². The number of anilines is 1. The lowest BCUT2D eigenvalue weighted by molar-refractivity contribution is -0.140. The van der Waals surface area contributed by atoms with Gasteiger partial charge in [0.05, 0.1) is 7.11 Å². The fraction of sp³-hybridized carbons (Fsp3) is 0.432. The zero-order valence-corrected chi connectivity index (χ0v) is 28.2. The zero-order chi connectivity index (χ0) is 33.9. The lowest BCUT2D eigenvalue weighted by Crippen LogP contribution is -2.53. The molecule has 3 aromatic rings. The summed E-state index contributed by atoms with van der Waals surface area (Å²) in [6.07, 6.45) is 2.94. The molecule has 248 valence electrons. The van der Waals surface area contributed by atoms with Gasteiger partial charge in [0, 0.05) is 18.7 Å². The van der Waals surface area contributed by atoms with Gasteiger partial charge in [-0.15, -0.1) is 0 Å². The summed E-state index contributed by atoms with van der Waals surface area (Å²) < 4.78 is 10.8. The van der Waals surface area contributed by atoms with Gasteiger partial charge >= 0.3 is 6.09 Å². The van der Waals surface area contributed by atoms with Crippen LogP contribution in [0, 0.1) is 13.8 Å². The minimum atomic E-state index is -1.05. The largest absolute Gasteiger partial charge is 0.508 e. The van der Waals surface area contributed by atoms with Crippen molar-refractivity contribution in [2.75, 3.05) is 19.0 Å². The Morgan fingerprint density at radius 1 is 0.913 bits per heavy atom. The second-order valence-corrected chi connectivity index (χ2v) is 12.6. The summed E-state index contributed by atoms with van der Waals surface area (Å²) in [5.74, 6) is -0.0360. The molecule has 0 aliphatic rings. The molecule has 3 N–H and O–H groups in total. The molecule has 2 unspecified atom stereocenters. The zero-order valence-electron chi connectivity index (χ0n) is 28.2. The number of carbonyl (C=O) groups excluding carboxylic acids is 3. The van der Waals surface area contributed by atoms with Crippen molar-refractivity contribution >= 4 is 23.6 Å². The maximum atomic E-state index is 14.7. The van der Waals surface area contributed by atoms with Gasteiger partial charge in [-0.1, -0.05) is 62.1 Å². The van der Waals surface area contributed by atoms with E-state index in [-0.39, 0.29) is 18.1 Å². The number of methoxy groups -OCH3 is 1. The molecule has 0 aliphatic carbocycles. The minimum Gasteiger partial charge on any atom is -0.508 e. The van der Waals surface area contributed by atoms with E-state index in [9.17, 15) is 19.5 Å². The molecule has 0 bridgehead atoms. The molecule has 0 radical (unpaired) electrons. The summed E-state index contributed by atoms with van der Waals surface area (Å²) in [6, 6.07) is 17.3. The van der Waals surface area contributed by atoms with Gasteiger partial charge in [0.15, 0.2) is 0 Å². The first-order valence-corrected chi connectivity index (χ1v) is 15.9. The first-order valence-electron chi connectivity index (χ1n) is 15.9. The van der Waals surface area contributed by atoms with Crippen molar-refractivity contribution in [3.63, 3.8) is 0 Å². The highest BCUT2D eigenvalue weighted by molar-refractivity contribution is 5.99. The number of phenolic OH excluding ortho intramolecular Hbond substituents is 1. The van der Waals surface area contributed by atoms with E-state index >= 15 is 0 Å².